The van der Waals surface area contributed by atoms with Gasteiger partial charge < -0.3 is 10.1 Å². The fourth-order valence-electron chi connectivity index (χ4n) is 6.97. The second kappa shape index (κ2) is 6.27. The lowest BCUT2D eigenvalue weighted by Gasteiger charge is -2.65. The molecule has 1 N–H and O–H groups in total. The Morgan fingerprint density at radius 2 is 1.84 bits per heavy atom. The average molecular weight is 406 g/mol. The smallest absolute Gasteiger partial charge is 0.123 e. The molecule has 4 saturated carbocycles. The van der Waals surface area contributed by atoms with Gasteiger partial charge in [0, 0.05) is 22.1 Å². The summed E-state index contributed by atoms with van der Waals surface area (Å²) in [7, 11) is 0. The summed E-state index contributed by atoms with van der Waals surface area (Å²) in [5, 5.41) is 4.04. The highest BCUT2D eigenvalue weighted by Crippen LogP contribution is 2.66. The summed E-state index contributed by atoms with van der Waals surface area (Å²) in [4.78, 5) is 0. The van der Waals surface area contributed by atoms with Crippen molar-refractivity contribution < 1.29 is 4.74 Å². The quantitative estimate of drug-likeness (QED) is 0.619. The zero-order valence-electron chi connectivity index (χ0n) is 16.0. The molecule has 2 unspecified atom stereocenters. The summed E-state index contributed by atoms with van der Waals surface area (Å²) in [6, 6.07) is 6.42. The second-order valence-corrected chi connectivity index (χ2v) is 10.8. The van der Waals surface area contributed by atoms with E-state index in [0.29, 0.717) is 16.4 Å². The first-order valence-electron chi connectivity index (χ1n) is 9.99. The zero-order chi connectivity index (χ0) is 17.7. The van der Waals surface area contributed by atoms with Crippen LogP contribution in [0.5, 0.6) is 5.75 Å². The van der Waals surface area contributed by atoms with Gasteiger partial charge in [-0.15, -0.1) is 0 Å². The molecule has 4 aliphatic rings. The molecule has 2 nitrogen and oxygen atoms in total. The topological polar surface area (TPSA) is 21.3 Å². The largest absolute Gasteiger partial charge is 0.493 e. The summed E-state index contributed by atoms with van der Waals surface area (Å²) in [6.45, 7) is 8.95. The third kappa shape index (κ3) is 3.51. The van der Waals surface area contributed by atoms with E-state index < -0.39 is 0 Å². The van der Waals surface area contributed by atoms with Crippen molar-refractivity contribution in [1.29, 1.82) is 0 Å². The summed E-state index contributed by atoms with van der Waals surface area (Å²) < 4.78 is 7.13. The first kappa shape index (κ1) is 17.9. The van der Waals surface area contributed by atoms with Gasteiger partial charge in [0.25, 0.3) is 0 Å². The second-order valence-electron chi connectivity index (χ2n) is 9.86. The Morgan fingerprint density at radius 1 is 1.12 bits per heavy atom. The predicted molar refractivity (Wildman–Crippen MR) is 107 cm³/mol. The maximum atomic E-state index is 5.99. The fraction of sp³-hybridized carbons (Fsp3) is 0.727. The maximum Gasteiger partial charge on any atom is 0.123 e. The number of halogens is 1. The standard InChI is InChI=1S/C22H32BrNO/c1-4-7-25-19-6-5-18(23)8-17(19)12-24-22-11-16-9-20(2,14-22)13-21(3,10-16)15-22/h5-6,8,16,24H,4,7,9-15H2,1-3H3/t16?,20-,21+,22?. The van der Waals surface area contributed by atoms with Gasteiger partial charge >= 0.3 is 0 Å². The Bertz CT molecular complexity index is 639. The Balaban J connectivity index is 1.53. The van der Waals surface area contributed by atoms with Crippen molar-refractivity contribution in [2.45, 2.75) is 77.8 Å². The van der Waals surface area contributed by atoms with E-state index in [0.717, 1.165) is 35.7 Å². The van der Waals surface area contributed by atoms with Crippen LogP contribution in [0.2, 0.25) is 0 Å². The predicted octanol–water partition coefficient (Wildman–Crippen LogP) is 6.08. The van der Waals surface area contributed by atoms with E-state index >= 15 is 0 Å². The van der Waals surface area contributed by atoms with E-state index in [-0.39, 0.29) is 0 Å². The molecule has 138 valence electrons. The van der Waals surface area contributed by atoms with Crippen molar-refractivity contribution in [3.8, 4) is 5.75 Å². The van der Waals surface area contributed by atoms with Crippen LogP contribution in [0, 0.1) is 16.7 Å². The first-order valence-corrected chi connectivity index (χ1v) is 10.8. The van der Waals surface area contributed by atoms with Crippen molar-refractivity contribution >= 4 is 15.9 Å². The van der Waals surface area contributed by atoms with Crippen molar-refractivity contribution in [3.05, 3.63) is 28.2 Å². The zero-order valence-corrected chi connectivity index (χ0v) is 17.5. The number of benzene rings is 1. The molecule has 1 aromatic rings. The average Bonchev–Trinajstić information content (AvgIpc) is 2.48. The molecule has 0 aliphatic heterocycles. The first-order chi connectivity index (χ1) is 11.8. The molecule has 5 rings (SSSR count). The molecule has 4 bridgehead atoms. The van der Waals surface area contributed by atoms with E-state index in [4.69, 9.17) is 4.74 Å². The van der Waals surface area contributed by atoms with Gasteiger partial charge in [0.2, 0.25) is 0 Å². The van der Waals surface area contributed by atoms with Crippen LogP contribution in [-0.4, -0.2) is 12.1 Å². The molecule has 0 amide bonds. The van der Waals surface area contributed by atoms with Crippen LogP contribution in [0.25, 0.3) is 0 Å². The highest BCUT2D eigenvalue weighted by atomic mass is 79.9. The van der Waals surface area contributed by atoms with Gasteiger partial charge in [0.15, 0.2) is 0 Å². The van der Waals surface area contributed by atoms with Gasteiger partial charge in [0.1, 0.15) is 5.75 Å². The molecule has 0 aromatic heterocycles. The van der Waals surface area contributed by atoms with Gasteiger partial charge in [-0.3, -0.25) is 0 Å². The van der Waals surface area contributed by atoms with Crippen LogP contribution < -0.4 is 10.1 Å². The Hall–Kier alpha value is -0.540. The van der Waals surface area contributed by atoms with Crippen molar-refractivity contribution in [2.75, 3.05) is 6.61 Å². The lowest BCUT2D eigenvalue weighted by molar-refractivity contribution is -0.118. The Kier molecular flexibility index (Phi) is 4.47. The van der Waals surface area contributed by atoms with Gasteiger partial charge in [0.05, 0.1) is 6.61 Å². The van der Waals surface area contributed by atoms with E-state index in [1.807, 2.05) is 0 Å². The molecule has 0 saturated heterocycles. The highest BCUT2D eigenvalue weighted by Gasteiger charge is 2.59. The minimum atomic E-state index is 0.341. The van der Waals surface area contributed by atoms with Gasteiger partial charge in [-0.1, -0.05) is 36.7 Å². The number of ether oxygens (including phenoxy) is 1. The Labute approximate surface area is 161 Å². The number of hydrogen-bond acceptors (Lipinski definition) is 2. The van der Waals surface area contributed by atoms with Crippen molar-refractivity contribution in [2.24, 2.45) is 16.7 Å². The third-order valence-corrected chi connectivity index (χ3v) is 7.26. The van der Waals surface area contributed by atoms with Crippen molar-refractivity contribution in [3.63, 3.8) is 0 Å². The lowest BCUT2D eigenvalue weighted by Crippen LogP contribution is -2.63. The molecule has 0 heterocycles. The summed E-state index contributed by atoms with van der Waals surface area (Å²) >= 11 is 3.63. The van der Waals surface area contributed by atoms with E-state index in [9.17, 15) is 0 Å². The molecule has 4 atom stereocenters. The monoisotopic (exact) mass is 405 g/mol. The van der Waals surface area contributed by atoms with Gasteiger partial charge in [-0.05, 0) is 79.9 Å². The van der Waals surface area contributed by atoms with Crippen LogP contribution in [0.4, 0.5) is 0 Å². The number of nitrogens with one attached hydrogen (secondary N) is 1. The molecule has 3 heteroatoms. The van der Waals surface area contributed by atoms with Crippen molar-refractivity contribution in [1.82, 2.24) is 5.32 Å². The van der Waals surface area contributed by atoms with Crippen LogP contribution in [-0.2, 0) is 6.54 Å². The summed E-state index contributed by atoms with van der Waals surface area (Å²) in [6.07, 6.45) is 9.46. The number of rotatable bonds is 6. The van der Waals surface area contributed by atoms with E-state index in [1.165, 1.54) is 44.1 Å². The molecule has 0 radical (unpaired) electrons. The Morgan fingerprint density at radius 3 is 2.48 bits per heavy atom. The third-order valence-electron chi connectivity index (χ3n) is 6.76. The van der Waals surface area contributed by atoms with Crippen LogP contribution in [0.15, 0.2) is 22.7 Å². The van der Waals surface area contributed by atoms with Crippen LogP contribution >= 0.6 is 15.9 Å². The summed E-state index contributed by atoms with van der Waals surface area (Å²) in [5.41, 5.74) is 2.74. The van der Waals surface area contributed by atoms with E-state index in [2.05, 4.69) is 60.2 Å². The molecular weight excluding hydrogens is 374 g/mol. The van der Waals surface area contributed by atoms with E-state index in [1.54, 1.807) is 0 Å². The molecular formula is C22H32BrNO. The van der Waals surface area contributed by atoms with Crippen LogP contribution in [0.3, 0.4) is 0 Å². The molecule has 4 fully saturated rings. The fourth-order valence-corrected chi connectivity index (χ4v) is 7.38. The van der Waals surface area contributed by atoms with Gasteiger partial charge in [-0.25, -0.2) is 0 Å². The molecule has 0 spiro atoms. The molecule has 4 aliphatic carbocycles. The lowest BCUT2D eigenvalue weighted by atomic mass is 9.43. The maximum absolute atomic E-state index is 5.99. The SMILES string of the molecule is CCCOc1ccc(Br)cc1CNC12CC3C[C@@](C)(C1)C[C@](C)(C3)C2. The normalized spacial score (nSPS) is 39.0. The molecule has 25 heavy (non-hydrogen) atoms. The highest BCUT2D eigenvalue weighted by molar-refractivity contribution is 9.10. The molecule has 1 aromatic carbocycles. The van der Waals surface area contributed by atoms with Gasteiger partial charge in [-0.2, -0.15) is 0 Å². The van der Waals surface area contributed by atoms with Crippen LogP contribution in [0.1, 0.15) is 71.3 Å². The minimum Gasteiger partial charge on any atom is -0.493 e. The summed E-state index contributed by atoms with van der Waals surface area (Å²) in [5.74, 6) is 1.97. The number of hydrogen-bond donors (Lipinski definition) is 1. The minimum absolute atomic E-state index is 0.341.